The highest BCUT2D eigenvalue weighted by Crippen LogP contribution is 2.17. The van der Waals surface area contributed by atoms with Crippen molar-refractivity contribution in [1.82, 2.24) is 5.09 Å². The van der Waals surface area contributed by atoms with Gasteiger partial charge in [-0.25, -0.2) is 5.09 Å². The molecular weight excluding hydrogens is 156 g/mol. The van der Waals surface area contributed by atoms with Crippen LogP contribution in [0.2, 0.25) is 0 Å². The van der Waals surface area contributed by atoms with Gasteiger partial charge >= 0.3 is 0 Å². The van der Waals surface area contributed by atoms with Crippen molar-refractivity contribution in [3.05, 3.63) is 0 Å². The Hall–Kier alpha value is 0.640. The van der Waals surface area contributed by atoms with Crippen LogP contribution in [-0.4, -0.2) is 4.46 Å². The third kappa shape index (κ3) is 6.64. The molecule has 0 atom stereocenters. The van der Waals surface area contributed by atoms with E-state index in [2.05, 4.69) is 5.09 Å². The molecule has 0 aliphatic heterocycles. The van der Waals surface area contributed by atoms with Gasteiger partial charge in [0.25, 0.3) is 0 Å². The van der Waals surface area contributed by atoms with Gasteiger partial charge in [-0.2, -0.15) is 0 Å². The van der Waals surface area contributed by atoms with Crippen LogP contribution < -0.4 is 5.09 Å². The first kappa shape index (κ1) is 7.64. The van der Waals surface area contributed by atoms with Crippen molar-refractivity contribution in [3.8, 4) is 0 Å². The minimum absolute atomic E-state index is 0.255. The molecule has 0 aromatic carbocycles. The summed E-state index contributed by atoms with van der Waals surface area (Å²) < 4.78 is 8.56. The van der Waals surface area contributed by atoms with Crippen LogP contribution in [0.5, 0.6) is 0 Å². The van der Waals surface area contributed by atoms with Crippen LogP contribution >= 0.6 is 31.8 Å². The van der Waals surface area contributed by atoms with E-state index in [1.807, 2.05) is 0 Å². The predicted octanol–water partition coefficient (Wildman–Crippen LogP) is 1.93. The molecule has 0 aliphatic rings. The number of alkyl halides is 2. The highest BCUT2D eigenvalue weighted by molar-refractivity contribution is 7.21. The zero-order chi connectivity index (χ0) is 5.91. The molecule has 7 heavy (non-hydrogen) atoms. The van der Waals surface area contributed by atoms with Gasteiger partial charge in [0.1, 0.15) is 0 Å². The molecule has 0 heterocycles. The van der Waals surface area contributed by atoms with E-state index < -0.39 is 4.46 Å². The third-order valence-corrected chi connectivity index (χ3v) is 1.23. The van der Waals surface area contributed by atoms with Crippen molar-refractivity contribution in [2.75, 3.05) is 0 Å². The Balaban J connectivity index is 3.34. The van der Waals surface area contributed by atoms with Gasteiger partial charge in [-0.1, -0.05) is 23.2 Å². The van der Waals surface area contributed by atoms with Crippen molar-refractivity contribution >= 4 is 31.8 Å². The van der Waals surface area contributed by atoms with E-state index in [0.717, 1.165) is 0 Å². The molecule has 0 fully saturated rings. The largest absolute Gasteiger partial charge is 0.256 e. The Morgan fingerprint density at radius 1 is 1.71 bits per heavy atom. The molecule has 0 aromatic rings. The van der Waals surface area contributed by atoms with Crippen LogP contribution in [0, 0.1) is 0 Å². The van der Waals surface area contributed by atoms with Crippen LogP contribution in [0.4, 0.5) is 0 Å². The molecule has 42 valence electrons. The lowest BCUT2D eigenvalue weighted by Gasteiger charge is -2.06. The molecular formula is C2H4Cl2NOP. The summed E-state index contributed by atoms with van der Waals surface area (Å²) in [5.74, 6) is 0. The number of halogens is 2. The Kier molecular flexibility index (Phi) is 3.09. The van der Waals surface area contributed by atoms with Crippen molar-refractivity contribution in [2.45, 2.75) is 11.4 Å². The van der Waals surface area contributed by atoms with Crippen LogP contribution in [-0.2, 0) is 4.57 Å². The minimum atomic E-state index is -1.08. The molecule has 1 N–H and O–H groups in total. The summed E-state index contributed by atoms with van der Waals surface area (Å²) in [5, 5.41) is 2.23. The molecule has 0 unspecified atom stereocenters. The van der Waals surface area contributed by atoms with Gasteiger partial charge in [-0.15, -0.1) is 0 Å². The quantitative estimate of drug-likeness (QED) is 0.379. The SMILES string of the molecule is CC(Cl)(Cl)NP=O. The van der Waals surface area contributed by atoms with Crippen LogP contribution in [0.25, 0.3) is 0 Å². The van der Waals surface area contributed by atoms with Crippen LogP contribution in [0.1, 0.15) is 6.92 Å². The fraction of sp³-hybridized carbons (Fsp3) is 1.00. The lowest BCUT2D eigenvalue weighted by Crippen LogP contribution is -2.20. The van der Waals surface area contributed by atoms with Gasteiger partial charge in [0.2, 0.25) is 8.61 Å². The maximum absolute atomic E-state index is 9.64. The number of hydrogen-bond donors (Lipinski definition) is 1. The second-order valence-electron chi connectivity index (χ2n) is 1.09. The highest BCUT2D eigenvalue weighted by atomic mass is 35.5. The van der Waals surface area contributed by atoms with E-state index in [9.17, 15) is 4.57 Å². The zero-order valence-electron chi connectivity index (χ0n) is 3.61. The van der Waals surface area contributed by atoms with Crippen LogP contribution in [0.3, 0.4) is 0 Å². The number of hydrogen-bond acceptors (Lipinski definition) is 1. The maximum atomic E-state index is 9.64. The Bertz CT molecular complexity index is 70.6. The van der Waals surface area contributed by atoms with Gasteiger partial charge in [-0.3, -0.25) is 4.57 Å². The van der Waals surface area contributed by atoms with Gasteiger partial charge in [-0.05, 0) is 6.92 Å². The van der Waals surface area contributed by atoms with Crippen molar-refractivity contribution in [1.29, 1.82) is 0 Å². The number of rotatable bonds is 2. The normalized spacial score (nSPS) is 12.4. The molecule has 0 spiro atoms. The fourth-order valence-electron chi connectivity index (χ4n) is 0.0801. The first-order valence-electron chi connectivity index (χ1n) is 1.53. The van der Waals surface area contributed by atoms with Gasteiger partial charge in [0.15, 0.2) is 4.46 Å². The summed E-state index contributed by atoms with van der Waals surface area (Å²) >= 11 is 10.6. The number of nitrogens with one attached hydrogen (secondary N) is 1. The smallest absolute Gasteiger partial charge is 0.248 e. The standard InChI is InChI=1S/C2H4Cl2NOP/c1-2(3,4)5-7-6/h1H3,(H,5,6). The van der Waals surface area contributed by atoms with E-state index in [-0.39, 0.29) is 8.61 Å². The molecule has 0 radical (unpaired) electrons. The van der Waals surface area contributed by atoms with E-state index in [0.29, 0.717) is 0 Å². The monoisotopic (exact) mass is 159 g/mol. The van der Waals surface area contributed by atoms with Crippen molar-refractivity contribution in [2.24, 2.45) is 0 Å². The van der Waals surface area contributed by atoms with Crippen molar-refractivity contribution in [3.63, 3.8) is 0 Å². The summed E-state index contributed by atoms with van der Waals surface area (Å²) in [5.41, 5.74) is 0. The maximum Gasteiger partial charge on any atom is 0.248 e. The Morgan fingerprint density at radius 3 is 2.14 bits per heavy atom. The first-order chi connectivity index (χ1) is 3.06. The van der Waals surface area contributed by atoms with E-state index in [4.69, 9.17) is 23.2 Å². The molecule has 2 nitrogen and oxygen atoms in total. The topological polar surface area (TPSA) is 29.1 Å². The molecule has 0 rings (SSSR count). The first-order valence-corrected chi connectivity index (χ1v) is 3.10. The molecule has 0 aliphatic carbocycles. The van der Waals surface area contributed by atoms with E-state index in [1.54, 1.807) is 0 Å². The van der Waals surface area contributed by atoms with Gasteiger partial charge < -0.3 is 0 Å². The third-order valence-electron chi connectivity index (χ3n) is 0.242. The molecule has 0 saturated carbocycles. The second-order valence-corrected chi connectivity index (χ2v) is 3.20. The molecule has 0 saturated heterocycles. The summed E-state index contributed by atoms with van der Waals surface area (Å²) in [4.78, 5) is 0. The second kappa shape index (κ2) is 2.83. The van der Waals surface area contributed by atoms with Crippen molar-refractivity contribution < 1.29 is 4.57 Å². The molecule has 0 aromatic heterocycles. The lowest BCUT2D eigenvalue weighted by molar-refractivity contribution is 0.588. The minimum Gasteiger partial charge on any atom is -0.256 e. The Labute approximate surface area is 53.4 Å². The van der Waals surface area contributed by atoms with Crippen LogP contribution in [0.15, 0.2) is 0 Å². The molecule has 5 heteroatoms. The average Bonchev–Trinajstić information content (AvgIpc) is 1.30. The summed E-state index contributed by atoms with van der Waals surface area (Å²) in [6.07, 6.45) is 0. The average molecular weight is 160 g/mol. The zero-order valence-corrected chi connectivity index (χ0v) is 6.02. The predicted molar refractivity (Wildman–Crippen MR) is 30.9 cm³/mol. The summed E-state index contributed by atoms with van der Waals surface area (Å²) in [6, 6.07) is 0. The summed E-state index contributed by atoms with van der Waals surface area (Å²) in [7, 11) is -0.255. The van der Waals surface area contributed by atoms with Gasteiger partial charge in [0.05, 0.1) is 0 Å². The Morgan fingerprint density at radius 2 is 2.14 bits per heavy atom. The molecule has 0 bridgehead atoms. The summed E-state index contributed by atoms with van der Waals surface area (Å²) in [6.45, 7) is 1.49. The fourth-order valence-corrected chi connectivity index (χ4v) is 0.447. The highest BCUT2D eigenvalue weighted by Gasteiger charge is 2.13. The molecule has 0 amide bonds. The lowest BCUT2D eigenvalue weighted by atomic mass is 10.8. The van der Waals surface area contributed by atoms with Gasteiger partial charge in [0, 0.05) is 0 Å². The van der Waals surface area contributed by atoms with E-state index >= 15 is 0 Å². The van der Waals surface area contributed by atoms with E-state index in [1.165, 1.54) is 6.92 Å².